The van der Waals surface area contributed by atoms with Crippen LogP contribution in [0.25, 0.3) is 0 Å². The van der Waals surface area contributed by atoms with E-state index in [-0.39, 0.29) is 0 Å². The molecule has 0 bridgehead atoms. The minimum Gasteiger partial charge on any atom is -0.256 e. The van der Waals surface area contributed by atoms with E-state index in [1.165, 1.54) is 0 Å². The third-order valence-corrected chi connectivity index (χ3v) is 2.10. The van der Waals surface area contributed by atoms with Crippen molar-refractivity contribution < 1.29 is 0 Å². The van der Waals surface area contributed by atoms with Crippen molar-refractivity contribution >= 4 is 11.3 Å². The molecule has 14 heavy (non-hydrogen) atoms. The Bertz CT molecular complexity index is 321. The van der Waals surface area contributed by atoms with Gasteiger partial charge >= 0.3 is 0 Å². The van der Waals surface area contributed by atoms with Crippen molar-refractivity contribution in [3.8, 4) is 0 Å². The van der Waals surface area contributed by atoms with Crippen LogP contribution < -0.4 is 0 Å². The Kier molecular flexibility index (Phi) is 3.70. The fraction of sp³-hybridized carbons (Fsp3) is 0.500. The normalized spacial score (nSPS) is 9.43. The van der Waals surface area contributed by atoms with Crippen molar-refractivity contribution in [2.75, 3.05) is 0 Å². The van der Waals surface area contributed by atoms with Gasteiger partial charge in [0.2, 0.25) is 0 Å². The van der Waals surface area contributed by atoms with Crippen molar-refractivity contribution in [1.82, 2.24) is 25.0 Å². The number of aromatic nitrogens is 5. The quantitative estimate of drug-likeness (QED) is 0.658. The fourth-order valence-electron chi connectivity index (χ4n) is 0.842. The Morgan fingerprint density at radius 3 is 1.86 bits per heavy atom. The summed E-state index contributed by atoms with van der Waals surface area (Å²) in [6, 6.07) is 0. The lowest BCUT2D eigenvalue weighted by Crippen LogP contribution is -1.86. The van der Waals surface area contributed by atoms with E-state index >= 15 is 0 Å². The maximum Gasteiger partial charge on any atom is 0.147 e. The van der Waals surface area contributed by atoms with Crippen molar-refractivity contribution in [3.63, 3.8) is 0 Å². The first-order valence-electron chi connectivity index (χ1n) is 4.17. The third kappa shape index (κ3) is 3.61. The Balaban J connectivity index is 0.000000140. The number of nitrogens with zero attached hydrogens (tertiary/aromatic N) is 5. The molecule has 0 fully saturated rings. The summed E-state index contributed by atoms with van der Waals surface area (Å²) in [5.74, 6) is 0.822. The molecule has 0 amide bonds. The Morgan fingerprint density at radius 2 is 1.71 bits per heavy atom. The maximum atomic E-state index is 3.92. The number of rotatable bonds is 0. The van der Waals surface area contributed by atoms with Crippen LogP contribution in [0.15, 0.2) is 6.33 Å². The van der Waals surface area contributed by atoms with E-state index in [1.807, 2.05) is 27.8 Å². The Morgan fingerprint density at radius 1 is 1.14 bits per heavy atom. The minimum absolute atomic E-state index is 0.822. The van der Waals surface area contributed by atoms with Gasteiger partial charge in [0.05, 0.1) is 0 Å². The van der Waals surface area contributed by atoms with E-state index in [1.54, 1.807) is 22.3 Å². The molecule has 6 heteroatoms. The molecule has 0 unspecified atom stereocenters. The summed E-state index contributed by atoms with van der Waals surface area (Å²) < 4.78 is 1.68. The Hall–Kier alpha value is -1.30. The second-order valence-electron chi connectivity index (χ2n) is 2.81. The number of aryl methyl sites for hydroxylation is 4. The smallest absolute Gasteiger partial charge is 0.147 e. The van der Waals surface area contributed by atoms with Gasteiger partial charge in [-0.15, -0.1) is 21.5 Å². The molecule has 76 valence electrons. The first kappa shape index (κ1) is 10.8. The van der Waals surface area contributed by atoms with Gasteiger partial charge in [-0.05, 0) is 20.8 Å². The van der Waals surface area contributed by atoms with Crippen LogP contribution in [0.5, 0.6) is 0 Å². The fourth-order valence-corrected chi connectivity index (χ4v) is 1.43. The van der Waals surface area contributed by atoms with E-state index in [2.05, 4.69) is 20.3 Å². The largest absolute Gasteiger partial charge is 0.256 e. The monoisotopic (exact) mass is 211 g/mol. The highest BCUT2D eigenvalue weighted by Gasteiger charge is 1.88. The highest BCUT2D eigenvalue weighted by Crippen LogP contribution is 2.03. The van der Waals surface area contributed by atoms with Crippen molar-refractivity contribution in [3.05, 3.63) is 22.2 Å². The highest BCUT2D eigenvalue weighted by molar-refractivity contribution is 7.11. The lowest BCUT2D eigenvalue weighted by molar-refractivity contribution is 0.756. The number of hydrogen-bond donors (Lipinski definition) is 0. The lowest BCUT2D eigenvalue weighted by Gasteiger charge is -1.76. The first-order valence-corrected chi connectivity index (χ1v) is 4.98. The molecule has 2 aromatic rings. The summed E-state index contributed by atoms with van der Waals surface area (Å²) in [5, 5.41) is 13.6. The zero-order chi connectivity index (χ0) is 10.6. The van der Waals surface area contributed by atoms with Crippen molar-refractivity contribution in [1.29, 1.82) is 0 Å². The van der Waals surface area contributed by atoms with Crippen molar-refractivity contribution in [2.45, 2.75) is 20.8 Å². The predicted octanol–water partition coefficient (Wildman–Crippen LogP) is 1.28. The molecule has 0 aliphatic heterocycles. The Labute approximate surface area is 86.8 Å². The molecular formula is C8H13N5S. The van der Waals surface area contributed by atoms with Crippen LogP contribution in [0.4, 0.5) is 0 Å². The molecule has 0 aliphatic carbocycles. The highest BCUT2D eigenvalue weighted by atomic mass is 32.1. The molecule has 2 aromatic heterocycles. The van der Waals surface area contributed by atoms with Gasteiger partial charge in [0.15, 0.2) is 0 Å². The van der Waals surface area contributed by atoms with Crippen molar-refractivity contribution in [2.24, 2.45) is 7.05 Å². The molecule has 0 N–H and O–H groups in total. The summed E-state index contributed by atoms with van der Waals surface area (Å²) in [5.41, 5.74) is 0. The van der Waals surface area contributed by atoms with Crippen LogP contribution in [0.3, 0.4) is 0 Å². The van der Waals surface area contributed by atoms with E-state index in [0.717, 1.165) is 15.8 Å². The minimum atomic E-state index is 0.822. The molecule has 0 saturated heterocycles. The predicted molar refractivity (Wildman–Crippen MR) is 55.1 cm³/mol. The van der Waals surface area contributed by atoms with Gasteiger partial charge in [-0.1, -0.05) is 0 Å². The van der Waals surface area contributed by atoms with Crippen LogP contribution in [0.2, 0.25) is 0 Å². The van der Waals surface area contributed by atoms with Gasteiger partial charge in [-0.3, -0.25) is 4.68 Å². The SMILES string of the molecule is Cc1ncn(C)n1.Cc1nnc(C)s1. The molecule has 0 radical (unpaired) electrons. The van der Waals surface area contributed by atoms with Gasteiger partial charge in [0, 0.05) is 7.05 Å². The van der Waals surface area contributed by atoms with Gasteiger partial charge in [0.25, 0.3) is 0 Å². The molecular weight excluding hydrogens is 198 g/mol. The zero-order valence-corrected chi connectivity index (χ0v) is 9.54. The van der Waals surface area contributed by atoms with Gasteiger partial charge in [-0.2, -0.15) is 5.10 Å². The van der Waals surface area contributed by atoms with E-state index in [0.29, 0.717) is 0 Å². The van der Waals surface area contributed by atoms with E-state index < -0.39 is 0 Å². The zero-order valence-electron chi connectivity index (χ0n) is 8.72. The topological polar surface area (TPSA) is 56.5 Å². The molecule has 0 aliphatic rings. The average molecular weight is 211 g/mol. The van der Waals surface area contributed by atoms with Crippen LogP contribution in [-0.2, 0) is 7.05 Å². The summed E-state index contributed by atoms with van der Waals surface area (Å²) in [6.07, 6.45) is 1.68. The summed E-state index contributed by atoms with van der Waals surface area (Å²) in [6.45, 7) is 5.76. The van der Waals surface area contributed by atoms with Crippen LogP contribution in [-0.4, -0.2) is 25.0 Å². The summed E-state index contributed by atoms with van der Waals surface area (Å²) in [7, 11) is 1.85. The van der Waals surface area contributed by atoms with Crippen LogP contribution >= 0.6 is 11.3 Å². The molecule has 0 aromatic carbocycles. The standard InChI is InChI=1S/C4H7N3.C4H6N2S/c1-4-5-3-7(2)6-4;1-3-5-6-4(2)7-3/h3H,1-2H3;1-2H3. The van der Waals surface area contributed by atoms with Gasteiger partial charge < -0.3 is 0 Å². The van der Waals surface area contributed by atoms with E-state index in [4.69, 9.17) is 0 Å². The summed E-state index contributed by atoms with van der Waals surface area (Å²) in [4.78, 5) is 3.87. The second kappa shape index (κ2) is 4.80. The molecule has 5 nitrogen and oxygen atoms in total. The molecule has 2 heterocycles. The third-order valence-electron chi connectivity index (χ3n) is 1.34. The molecule has 0 saturated carbocycles. The maximum absolute atomic E-state index is 3.92. The van der Waals surface area contributed by atoms with Gasteiger partial charge in [-0.25, -0.2) is 4.98 Å². The number of hydrogen-bond acceptors (Lipinski definition) is 5. The van der Waals surface area contributed by atoms with Gasteiger partial charge in [0.1, 0.15) is 22.2 Å². The molecule has 0 atom stereocenters. The first-order chi connectivity index (χ1) is 6.58. The molecule has 0 spiro atoms. The van der Waals surface area contributed by atoms with E-state index in [9.17, 15) is 0 Å². The average Bonchev–Trinajstić information content (AvgIpc) is 2.63. The molecule has 2 rings (SSSR count). The second-order valence-corrected chi connectivity index (χ2v) is 4.19. The summed E-state index contributed by atoms with van der Waals surface area (Å²) >= 11 is 1.62. The lowest BCUT2D eigenvalue weighted by atomic mass is 10.8. The van der Waals surface area contributed by atoms with Crippen LogP contribution in [0.1, 0.15) is 15.8 Å². The van der Waals surface area contributed by atoms with Crippen LogP contribution in [0, 0.1) is 20.8 Å².